The minimum atomic E-state index is -0.543. The molecule has 122 valence electrons. The van der Waals surface area contributed by atoms with Crippen molar-refractivity contribution in [1.29, 1.82) is 5.26 Å². The Labute approximate surface area is 153 Å². The fourth-order valence-corrected chi connectivity index (χ4v) is 2.86. The fraction of sp³-hybridized carbons (Fsp3) is 0.0556. The molecule has 3 N–H and O–H groups in total. The van der Waals surface area contributed by atoms with Crippen LogP contribution in [0, 0.1) is 17.1 Å². The first-order chi connectivity index (χ1) is 11.5. The minimum absolute atomic E-state index is 0.0685. The molecule has 0 bridgehead atoms. The third-order valence-electron chi connectivity index (χ3n) is 3.26. The second-order valence-electron chi connectivity index (χ2n) is 4.98. The van der Waals surface area contributed by atoms with Crippen molar-refractivity contribution in [2.24, 2.45) is 0 Å². The number of nitrogens with zero attached hydrogens (tertiary/aromatic N) is 1. The lowest BCUT2D eigenvalue weighted by Crippen LogP contribution is -1.89. The molecule has 0 aliphatic heterocycles. The van der Waals surface area contributed by atoms with Crippen LogP contribution in [0.2, 0.25) is 0 Å². The number of thiol groups is 1. The quantitative estimate of drug-likeness (QED) is 0.419. The molecule has 1 aromatic heterocycles. The Kier molecular flexibility index (Phi) is 6.47. The van der Waals surface area contributed by atoms with Crippen molar-refractivity contribution in [3.8, 4) is 6.07 Å². The number of nitrogens with one attached hydrogen (secondary N) is 1. The van der Waals surface area contributed by atoms with Gasteiger partial charge in [-0.3, -0.25) is 0 Å². The number of halogens is 2. The standard InChI is InChI=1S/C11H10BrNS.C7H5FN2/c12-11-9(10(14)7-13-11)6-8-4-2-1-3-5-8;8-6-3-5(4-9)1-2-7(6)10/h1-5,7,13-14H,6H2;1-3H,10H2. The number of rotatable bonds is 2. The number of anilines is 1. The largest absolute Gasteiger partial charge is 0.396 e. The van der Waals surface area contributed by atoms with Gasteiger partial charge in [0.05, 0.1) is 21.9 Å². The number of nitriles is 1. The Balaban J connectivity index is 0.000000185. The van der Waals surface area contributed by atoms with E-state index < -0.39 is 5.82 Å². The molecule has 3 aromatic rings. The van der Waals surface area contributed by atoms with Gasteiger partial charge in [-0.15, -0.1) is 12.6 Å². The van der Waals surface area contributed by atoms with Crippen LogP contribution < -0.4 is 5.73 Å². The Morgan fingerprint density at radius 2 is 1.92 bits per heavy atom. The minimum Gasteiger partial charge on any atom is -0.396 e. The average Bonchev–Trinajstić information content (AvgIpc) is 2.91. The highest BCUT2D eigenvalue weighted by molar-refractivity contribution is 9.10. The van der Waals surface area contributed by atoms with Gasteiger partial charge in [-0.25, -0.2) is 4.39 Å². The lowest BCUT2D eigenvalue weighted by atomic mass is 10.1. The average molecular weight is 404 g/mol. The van der Waals surface area contributed by atoms with Crippen LogP contribution in [0.25, 0.3) is 0 Å². The molecule has 3 nitrogen and oxygen atoms in total. The molecule has 0 saturated heterocycles. The van der Waals surface area contributed by atoms with E-state index in [1.54, 1.807) is 6.07 Å². The summed E-state index contributed by atoms with van der Waals surface area (Å²) in [6, 6.07) is 16.1. The van der Waals surface area contributed by atoms with E-state index >= 15 is 0 Å². The van der Waals surface area contributed by atoms with E-state index in [0.29, 0.717) is 0 Å². The Hall–Kier alpha value is -2.23. The summed E-state index contributed by atoms with van der Waals surface area (Å²) in [5.74, 6) is -0.543. The van der Waals surface area contributed by atoms with Gasteiger partial charge in [0.1, 0.15) is 5.82 Å². The molecule has 0 amide bonds. The highest BCUT2D eigenvalue weighted by Crippen LogP contribution is 2.25. The number of hydrogen-bond acceptors (Lipinski definition) is 3. The van der Waals surface area contributed by atoms with Crippen molar-refractivity contribution in [2.75, 3.05) is 5.73 Å². The monoisotopic (exact) mass is 403 g/mol. The summed E-state index contributed by atoms with van der Waals surface area (Å²) in [6.07, 6.45) is 2.80. The fourth-order valence-electron chi connectivity index (χ4n) is 1.98. The lowest BCUT2D eigenvalue weighted by molar-refractivity contribution is 0.632. The van der Waals surface area contributed by atoms with Gasteiger partial charge in [0, 0.05) is 23.1 Å². The van der Waals surface area contributed by atoms with E-state index in [1.165, 1.54) is 23.3 Å². The summed E-state index contributed by atoms with van der Waals surface area (Å²) in [4.78, 5) is 4.10. The molecule has 24 heavy (non-hydrogen) atoms. The Morgan fingerprint density at radius 3 is 2.46 bits per heavy atom. The van der Waals surface area contributed by atoms with Gasteiger partial charge in [0.25, 0.3) is 0 Å². The molecule has 3 rings (SSSR count). The number of nitrogen functional groups attached to an aromatic ring is 1. The Bertz CT molecular complexity index is 837. The molecule has 6 heteroatoms. The smallest absolute Gasteiger partial charge is 0.147 e. The maximum atomic E-state index is 12.5. The summed E-state index contributed by atoms with van der Waals surface area (Å²) in [7, 11) is 0. The first-order valence-corrected chi connectivity index (χ1v) is 8.29. The molecule has 0 fully saturated rings. The van der Waals surface area contributed by atoms with Crippen LogP contribution in [0.4, 0.5) is 10.1 Å². The zero-order valence-corrected chi connectivity index (χ0v) is 15.1. The highest BCUT2D eigenvalue weighted by Gasteiger charge is 2.06. The molecule has 0 radical (unpaired) electrons. The Morgan fingerprint density at radius 1 is 1.21 bits per heavy atom. The van der Waals surface area contributed by atoms with Gasteiger partial charge >= 0.3 is 0 Å². The molecule has 0 aliphatic carbocycles. The van der Waals surface area contributed by atoms with E-state index in [1.807, 2.05) is 24.4 Å². The first-order valence-electron chi connectivity index (χ1n) is 7.05. The van der Waals surface area contributed by atoms with E-state index in [4.69, 9.17) is 11.0 Å². The molecule has 0 unspecified atom stereocenters. The molecule has 0 atom stereocenters. The topological polar surface area (TPSA) is 65.6 Å². The van der Waals surface area contributed by atoms with Crippen LogP contribution in [0.1, 0.15) is 16.7 Å². The van der Waals surface area contributed by atoms with Crippen molar-refractivity contribution in [3.05, 3.63) is 81.8 Å². The van der Waals surface area contributed by atoms with Gasteiger partial charge in [0.2, 0.25) is 0 Å². The summed E-state index contributed by atoms with van der Waals surface area (Å²) < 4.78 is 13.5. The van der Waals surface area contributed by atoms with Crippen molar-refractivity contribution >= 4 is 34.2 Å². The number of aromatic amines is 1. The van der Waals surface area contributed by atoms with E-state index in [9.17, 15) is 4.39 Å². The molecule has 0 saturated carbocycles. The molecule has 0 aliphatic rings. The van der Waals surface area contributed by atoms with Gasteiger partial charge in [-0.05, 0) is 39.7 Å². The second kappa shape index (κ2) is 8.57. The van der Waals surface area contributed by atoms with Crippen LogP contribution in [0.15, 0.2) is 64.2 Å². The lowest BCUT2D eigenvalue weighted by Gasteiger charge is -2.00. The summed E-state index contributed by atoms with van der Waals surface area (Å²) in [6.45, 7) is 0. The van der Waals surface area contributed by atoms with E-state index in [2.05, 4.69) is 45.7 Å². The van der Waals surface area contributed by atoms with E-state index in [0.717, 1.165) is 22.0 Å². The van der Waals surface area contributed by atoms with Crippen molar-refractivity contribution in [2.45, 2.75) is 11.3 Å². The van der Waals surface area contributed by atoms with E-state index in [-0.39, 0.29) is 11.3 Å². The number of aromatic nitrogens is 1. The number of hydrogen-bond donors (Lipinski definition) is 3. The number of benzene rings is 2. The van der Waals surface area contributed by atoms with Crippen molar-refractivity contribution < 1.29 is 4.39 Å². The number of nitrogens with two attached hydrogens (primary N) is 1. The summed E-state index contributed by atoms with van der Waals surface area (Å²) >= 11 is 7.86. The normalized spacial score (nSPS) is 9.75. The molecular formula is C18H15BrFN3S. The van der Waals surface area contributed by atoms with Crippen LogP contribution >= 0.6 is 28.6 Å². The van der Waals surface area contributed by atoms with Crippen molar-refractivity contribution in [3.63, 3.8) is 0 Å². The first kappa shape index (κ1) is 18.1. The second-order valence-corrected chi connectivity index (χ2v) is 6.25. The maximum Gasteiger partial charge on any atom is 0.147 e. The third kappa shape index (κ3) is 4.88. The van der Waals surface area contributed by atoms with Gasteiger partial charge in [-0.1, -0.05) is 30.3 Å². The van der Waals surface area contributed by atoms with Crippen LogP contribution in [-0.4, -0.2) is 4.98 Å². The predicted octanol–water partition coefficient (Wildman–Crippen LogP) is 4.94. The molecule has 1 heterocycles. The zero-order chi connectivity index (χ0) is 17.5. The maximum absolute atomic E-state index is 12.5. The molecule has 2 aromatic carbocycles. The predicted molar refractivity (Wildman–Crippen MR) is 101 cm³/mol. The van der Waals surface area contributed by atoms with Gasteiger partial charge < -0.3 is 10.7 Å². The highest BCUT2D eigenvalue weighted by atomic mass is 79.9. The SMILES string of the molecule is N#Cc1ccc(N)c(F)c1.Sc1c[nH]c(Br)c1Cc1ccccc1. The zero-order valence-electron chi connectivity index (χ0n) is 12.6. The molecular weight excluding hydrogens is 389 g/mol. The summed E-state index contributed by atoms with van der Waals surface area (Å²) in [5.41, 5.74) is 8.01. The van der Waals surface area contributed by atoms with Crippen LogP contribution in [0.3, 0.4) is 0 Å². The number of H-pyrrole nitrogens is 1. The van der Waals surface area contributed by atoms with Crippen LogP contribution in [-0.2, 0) is 6.42 Å². The van der Waals surface area contributed by atoms with Crippen LogP contribution in [0.5, 0.6) is 0 Å². The van der Waals surface area contributed by atoms with Crippen molar-refractivity contribution in [1.82, 2.24) is 4.98 Å². The third-order valence-corrected chi connectivity index (χ3v) is 4.37. The summed E-state index contributed by atoms with van der Waals surface area (Å²) in [5, 5.41) is 8.30. The van der Waals surface area contributed by atoms with Gasteiger partial charge in [0.15, 0.2) is 0 Å². The van der Waals surface area contributed by atoms with Gasteiger partial charge in [-0.2, -0.15) is 5.26 Å². The molecule has 0 spiro atoms.